The van der Waals surface area contributed by atoms with Gasteiger partial charge in [-0.15, -0.1) is 10.2 Å². The molecule has 1 spiro atoms. The zero-order valence-corrected chi connectivity index (χ0v) is 16.7. The van der Waals surface area contributed by atoms with Gasteiger partial charge < -0.3 is 14.8 Å². The van der Waals surface area contributed by atoms with E-state index in [0.29, 0.717) is 17.2 Å². The number of ether oxygens (including phenoxy) is 2. The number of benzene rings is 2. The zero-order valence-electron chi connectivity index (χ0n) is 16.7. The molecule has 11 heteroatoms. The number of alkyl halides is 3. The first-order valence-electron chi connectivity index (χ1n) is 10.1. The fraction of sp³-hybridized carbons (Fsp3) is 0.333. The molecule has 1 aliphatic heterocycles. The number of carbonyl (C=O) groups is 1. The number of halogens is 3. The van der Waals surface area contributed by atoms with Crippen LogP contribution in [-0.2, 0) is 17.5 Å². The highest BCUT2D eigenvalue weighted by Crippen LogP contribution is 2.47. The molecular formula is C21H18F3N5O3. The number of nitrogens with zero attached hydrogens (tertiary/aromatic N) is 4. The Kier molecular flexibility index (Phi) is 4.75. The van der Waals surface area contributed by atoms with Crippen molar-refractivity contribution in [1.29, 1.82) is 0 Å². The number of nitrogens with one attached hydrogen (secondary N) is 1. The van der Waals surface area contributed by atoms with E-state index in [9.17, 15) is 18.0 Å². The van der Waals surface area contributed by atoms with Crippen molar-refractivity contribution in [3.63, 3.8) is 0 Å². The van der Waals surface area contributed by atoms with Crippen molar-refractivity contribution in [2.75, 3.05) is 5.32 Å². The van der Waals surface area contributed by atoms with Crippen molar-refractivity contribution < 1.29 is 27.4 Å². The zero-order chi connectivity index (χ0) is 22.3. The van der Waals surface area contributed by atoms with E-state index in [2.05, 4.69) is 20.7 Å². The van der Waals surface area contributed by atoms with E-state index < -0.39 is 23.4 Å². The fourth-order valence-corrected chi connectivity index (χ4v) is 3.88. The van der Waals surface area contributed by atoms with Gasteiger partial charge in [-0.2, -0.15) is 18.0 Å². The first kappa shape index (κ1) is 20.3. The van der Waals surface area contributed by atoms with Crippen LogP contribution in [0.25, 0.3) is 11.4 Å². The highest BCUT2D eigenvalue weighted by Gasteiger charge is 2.44. The number of aromatic nitrogens is 4. The van der Waals surface area contributed by atoms with Crippen LogP contribution in [0.3, 0.4) is 0 Å². The minimum absolute atomic E-state index is 0.00570. The summed E-state index contributed by atoms with van der Waals surface area (Å²) in [5.74, 6) is 0.209. The van der Waals surface area contributed by atoms with Gasteiger partial charge in [-0.3, -0.25) is 4.79 Å². The first-order valence-corrected chi connectivity index (χ1v) is 10.1. The lowest BCUT2D eigenvalue weighted by molar-refractivity contribution is -0.137. The highest BCUT2D eigenvalue weighted by atomic mass is 19.4. The van der Waals surface area contributed by atoms with Crippen molar-refractivity contribution >= 4 is 11.6 Å². The van der Waals surface area contributed by atoms with Crippen LogP contribution in [0, 0.1) is 0 Å². The Bertz CT molecular complexity index is 1170. The molecule has 1 fully saturated rings. The Morgan fingerprint density at radius 3 is 2.66 bits per heavy atom. The SMILES string of the molecule is O=C(Cn1nnc(-c2cccc(C(F)(F)F)c2)n1)Nc1ccc2c(c1)OC1(CCCC1)O2. The molecule has 2 heterocycles. The average Bonchev–Trinajstić information content (AvgIpc) is 3.47. The van der Waals surface area contributed by atoms with Crippen molar-refractivity contribution in [3.05, 3.63) is 48.0 Å². The number of tetrazole rings is 1. The maximum absolute atomic E-state index is 12.9. The maximum Gasteiger partial charge on any atom is 0.416 e. The van der Waals surface area contributed by atoms with Gasteiger partial charge in [0, 0.05) is 30.2 Å². The number of fused-ring (bicyclic) bond motifs is 1. The molecule has 1 N–H and O–H groups in total. The van der Waals surface area contributed by atoms with Crippen LogP contribution < -0.4 is 14.8 Å². The molecular weight excluding hydrogens is 427 g/mol. The number of hydrogen-bond acceptors (Lipinski definition) is 6. The lowest BCUT2D eigenvalue weighted by Gasteiger charge is -2.21. The molecule has 32 heavy (non-hydrogen) atoms. The van der Waals surface area contributed by atoms with Crippen molar-refractivity contribution in [3.8, 4) is 22.9 Å². The second-order valence-corrected chi connectivity index (χ2v) is 7.75. The van der Waals surface area contributed by atoms with Gasteiger partial charge in [0.15, 0.2) is 11.5 Å². The molecule has 3 aromatic rings. The van der Waals surface area contributed by atoms with E-state index in [0.717, 1.165) is 42.6 Å². The molecule has 0 atom stereocenters. The molecule has 8 nitrogen and oxygen atoms in total. The Morgan fingerprint density at radius 1 is 1.09 bits per heavy atom. The van der Waals surface area contributed by atoms with E-state index in [1.165, 1.54) is 12.1 Å². The lowest BCUT2D eigenvalue weighted by atomic mass is 10.1. The van der Waals surface area contributed by atoms with E-state index in [-0.39, 0.29) is 17.9 Å². The Balaban J connectivity index is 1.24. The molecule has 0 saturated heterocycles. The third-order valence-corrected chi connectivity index (χ3v) is 5.37. The summed E-state index contributed by atoms with van der Waals surface area (Å²) in [6.07, 6.45) is -0.727. The third-order valence-electron chi connectivity index (χ3n) is 5.37. The van der Waals surface area contributed by atoms with Crippen LogP contribution in [0.1, 0.15) is 31.2 Å². The molecule has 2 aliphatic rings. The quantitative estimate of drug-likeness (QED) is 0.652. The summed E-state index contributed by atoms with van der Waals surface area (Å²) in [4.78, 5) is 13.4. The monoisotopic (exact) mass is 445 g/mol. The largest absolute Gasteiger partial charge is 0.448 e. The van der Waals surface area contributed by atoms with Gasteiger partial charge in [0.05, 0.1) is 5.56 Å². The first-order chi connectivity index (χ1) is 15.3. The topological polar surface area (TPSA) is 91.2 Å². The lowest BCUT2D eigenvalue weighted by Crippen LogP contribution is -2.34. The summed E-state index contributed by atoms with van der Waals surface area (Å²) in [5, 5.41) is 14.3. The van der Waals surface area contributed by atoms with Gasteiger partial charge in [0.1, 0.15) is 6.54 Å². The second kappa shape index (κ2) is 7.50. The number of amides is 1. The van der Waals surface area contributed by atoms with E-state index in [1.807, 2.05) is 0 Å². The summed E-state index contributed by atoms with van der Waals surface area (Å²) in [7, 11) is 0. The minimum atomic E-state index is -4.48. The fourth-order valence-electron chi connectivity index (χ4n) is 3.88. The Morgan fingerprint density at radius 2 is 1.88 bits per heavy atom. The summed E-state index contributed by atoms with van der Waals surface area (Å²) >= 11 is 0. The molecule has 1 aromatic heterocycles. The van der Waals surface area contributed by atoms with Crippen molar-refractivity contribution in [2.45, 2.75) is 44.2 Å². The molecule has 166 valence electrons. The Hall–Kier alpha value is -3.63. The van der Waals surface area contributed by atoms with Gasteiger partial charge in [0.25, 0.3) is 5.79 Å². The van der Waals surface area contributed by atoms with Crippen molar-refractivity contribution in [2.24, 2.45) is 0 Å². The van der Waals surface area contributed by atoms with Crippen LogP contribution in [0.4, 0.5) is 18.9 Å². The number of carbonyl (C=O) groups excluding carboxylic acids is 1. The smallest absolute Gasteiger partial charge is 0.416 e. The molecule has 1 amide bonds. The van der Waals surface area contributed by atoms with Crippen LogP contribution in [-0.4, -0.2) is 31.9 Å². The van der Waals surface area contributed by atoms with Gasteiger partial charge in [-0.1, -0.05) is 12.1 Å². The number of hydrogen-bond donors (Lipinski definition) is 1. The number of anilines is 1. The molecule has 0 unspecified atom stereocenters. The third kappa shape index (κ3) is 3.97. The maximum atomic E-state index is 12.9. The molecule has 2 aromatic carbocycles. The summed E-state index contributed by atoms with van der Waals surface area (Å²) in [6, 6.07) is 9.76. The van der Waals surface area contributed by atoms with Crippen LogP contribution in [0.5, 0.6) is 11.5 Å². The predicted molar refractivity (Wildman–Crippen MR) is 106 cm³/mol. The van der Waals surface area contributed by atoms with Gasteiger partial charge in [0.2, 0.25) is 11.7 Å². The van der Waals surface area contributed by atoms with Gasteiger partial charge in [-0.05, 0) is 42.3 Å². The molecule has 1 aliphatic carbocycles. The molecule has 5 rings (SSSR count). The number of rotatable bonds is 4. The second-order valence-electron chi connectivity index (χ2n) is 7.75. The minimum Gasteiger partial charge on any atom is -0.448 e. The van der Waals surface area contributed by atoms with Gasteiger partial charge in [-0.25, -0.2) is 0 Å². The molecule has 0 radical (unpaired) electrons. The molecule has 1 saturated carbocycles. The standard InChI is InChI=1S/C21H18F3N5O3/c22-21(23,24)14-5-3-4-13(10-14)19-26-28-29(27-19)12-18(30)25-15-6-7-16-17(11-15)32-20(31-16)8-1-2-9-20/h3-7,10-11H,1-2,8-9,12H2,(H,25,30). The van der Waals surface area contributed by atoms with Crippen LogP contribution >= 0.6 is 0 Å². The van der Waals surface area contributed by atoms with E-state index >= 15 is 0 Å². The highest BCUT2D eigenvalue weighted by molar-refractivity contribution is 5.90. The summed E-state index contributed by atoms with van der Waals surface area (Å²) in [6.45, 7) is -0.260. The summed E-state index contributed by atoms with van der Waals surface area (Å²) < 4.78 is 50.7. The van der Waals surface area contributed by atoms with Gasteiger partial charge >= 0.3 is 6.18 Å². The normalized spacial score (nSPS) is 16.5. The predicted octanol–water partition coefficient (Wildman–Crippen LogP) is 4.04. The Labute approximate surface area is 180 Å². The van der Waals surface area contributed by atoms with Crippen LogP contribution in [0.2, 0.25) is 0 Å². The average molecular weight is 445 g/mol. The van der Waals surface area contributed by atoms with Crippen molar-refractivity contribution in [1.82, 2.24) is 20.2 Å². The molecule has 0 bridgehead atoms. The van der Waals surface area contributed by atoms with E-state index in [1.54, 1.807) is 18.2 Å². The van der Waals surface area contributed by atoms with E-state index in [4.69, 9.17) is 9.47 Å². The summed E-state index contributed by atoms with van der Waals surface area (Å²) in [5.41, 5.74) is -0.139. The van der Waals surface area contributed by atoms with Crippen LogP contribution in [0.15, 0.2) is 42.5 Å².